The lowest BCUT2D eigenvalue weighted by atomic mass is 10.2. The molecular weight excluding hydrogens is 364 g/mol. The van der Waals surface area contributed by atoms with Crippen molar-refractivity contribution >= 4 is 29.0 Å². The molecule has 1 N–H and O–H groups in total. The number of nitrogens with one attached hydrogen (secondary N) is 1. The van der Waals surface area contributed by atoms with Crippen LogP contribution >= 0.6 is 11.8 Å². The quantitative estimate of drug-likeness (QED) is 0.626. The topological polar surface area (TPSA) is 85.2 Å². The summed E-state index contributed by atoms with van der Waals surface area (Å²) in [5.41, 5.74) is 2.58. The highest BCUT2D eigenvalue weighted by Crippen LogP contribution is 2.22. The van der Waals surface area contributed by atoms with E-state index in [1.807, 2.05) is 67.5 Å². The van der Waals surface area contributed by atoms with Crippen molar-refractivity contribution in [1.29, 1.82) is 0 Å². The van der Waals surface area contributed by atoms with Gasteiger partial charge in [0.05, 0.1) is 18.6 Å². The summed E-state index contributed by atoms with van der Waals surface area (Å²) >= 11 is 1.26. The van der Waals surface area contributed by atoms with Gasteiger partial charge in [-0.25, -0.2) is 0 Å². The number of carbonyl (C=O) groups excluding carboxylic acids is 1. The van der Waals surface area contributed by atoms with Crippen LogP contribution in [-0.2, 0) is 4.79 Å². The predicted molar refractivity (Wildman–Crippen MR) is 106 cm³/mol. The van der Waals surface area contributed by atoms with Gasteiger partial charge in [0.1, 0.15) is 5.75 Å². The number of hydrogen-bond donors (Lipinski definition) is 1. The average Bonchev–Trinajstić information content (AvgIpc) is 3.15. The second-order valence-corrected chi connectivity index (χ2v) is 6.80. The molecule has 3 aromatic rings. The summed E-state index contributed by atoms with van der Waals surface area (Å²) in [4.78, 5) is 14.2. The van der Waals surface area contributed by atoms with Crippen LogP contribution in [0.15, 0.2) is 53.7 Å². The van der Waals surface area contributed by atoms with E-state index in [4.69, 9.17) is 4.74 Å². The van der Waals surface area contributed by atoms with Crippen LogP contribution in [0, 0.1) is 0 Å². The fraction of sp³-hybridized carbons (Fsp3) is 0.222. The first-order chi connectivity index (χ1) is 13.1. The van der Waals surface area contributed by atoms with Crippen LogP contribution in [0.1, 0.15) is 0 Å². The molecule has 0 unspecified atom stereocenters. The predicted octanol–water partition coefficient (Wildman–Crippen LogP) is 2.47. The summed E-state index contributed by atoms with van der Waals surface area (Å²) in [7, 11) is 5.54. The van der Waals surface area contributed by atoms with Crippen molar-refractivity contribution in [3.8, 4) is 11.4 Å². The Hall–Kier alpha value is -3.07. The van der Waals surface area contributed by atoms with Gasteiger partial charge in [-0.15, -0.1) is 5.10 Å². The standard InChI is InChI=1S/C18H20N6O2S/c1-23(2)14-9-7-13(8-10-14)19-17(25)12-27-18-20-21-22-24(18)15-5-4-6-16(11-15)26-3/h4-11H,12H2,1-3H3,(H,19,25). The summed E-state index contributed by atoms with van der Waals surface area (Å²) < 4.78 is 6.80. The summed E-state index contributed by atoms with van der Waals surface area (Å²) in [6.07, 6.45) is 0. The fourth-order valence-corrected chi connectivity index (χ4v) is 3.03. The number of methoxy groups -OCH3 is 1. The van der Waals surface area contributed by atoms with Gasteiger partial charge < -0.3 is 15.0 Å². The smallest absolute Gasteiger partial charge is 0.234 e. The number of nitrogens with zero attached hydrogens (tertiary/aromatic N) is 5. The highest BCUT2D eigenvalue weighted by molar-refractivity contribution is 7.99. The molecule has 0 aliphatic rings. The van der Waals surface area contributed by atoms with Gasteiger partial charge in [0, 0.05) is 31.5 Å². The first-order valence-electron chi connectivity index (χ1n) is 8.19. The number of hydrogen-bond acceptors (Lipinski definition) is 7. The van der Waals surface area contributed by atoms with Gasteiger partial charge in [0.2, 0.25) is 11.1 Å². The molecule has 0 bridgehead atoms. The lowest BCUT2D eigenvalue weighted by Crippen LogP contribution is -2.15. The zero-order valence-corrected chi connectivity index (χ0v) is 16.1. The molecule has 1 amide bonds. The van der Waals surface area contributed by atoms with Crippen molar-refractivity contribution in [2.75, 3.05) is 37.2 Å². The van der Waals surface area contributed by atoms with Crippen molar-refractivity contribution in [1.82, 2.24) is 20.2 Å². The molecule has 8 nitrogen and oxygen atoms in total. The summed E-state index contributed by atoms with van der Waals surface area (Å²) in [5, 5.41) is 15.1. The van der Waals surface area contributed by atoms with E-state index < -0.39 is 0 Å². The number of anilines is 2. The number of tetrazole rings is 1. The highest BCUT2D eigenvalue weighted by atomic mass is 32.2. The normalized spacial score (nSPS) is 10.5. The van der Waals surface area contributed by atoms with E-state index in [0.29, 0.717) is 10.9 Å². The van der Waals surface area contributed by atoms with E-state index in [-0.39, 0.29) is 11.7 Å². The van der Waals surface area contributed by atoms with E-state index in [9.17, 15) is 4.79 Å². The second kappa shape index (κ2) is 8.54. The highest BCUT2D eigenvalue weighted by Gasteiger charge is 2.12. The molecule has 0 atom stereocenters. The Bertz CT molecular complexity index is 910. The zero-order chi connectivity index (χ0) is 19.2. The molecule has 140 valence electrons. The Labute approximate surface area is 161 Å². The number of thioether (sulfide) groups is 1. The Kier molecular flexibility index (Phi) is 5.92. The monoisotopic (exact) mass is 384 g/mol. The minimum atomic E-state index is -0.127. The van der Waals surface area contributed by atoms with Crippen LogP contribution in [0.2, 0.25) is 0 Å². The molecule has 2 aromatic carbocycles. The lowest BCUT2D eigenvalue weighted by molar-refractivity contribution is -0.113. The van der Waals surface area contributed by atoms with Crippen molar-refractivity contribution < 1.29 is 9.53 Å². The number of amides is 1. The largest absolute Gasteiger partial charge is 0.497 e. The van der Waals surface area contributed by atoms with Gasteiger partial charge in [-0.05, 0) is 46.8 Å². The molecule has 9 heteroatoms. The van der Waals surface area contributed by atoms with Crippen LogP contribution in [0.4, 0.5) is 11.4 Å². The molecule has 0 aliphatic carbocycles. The summed E-state index contributed by atoms with van der Waals surface area (Å²) in [5.74, 6) is 0.774. The first-order valence-corrected chi connectivity index (χ1v) is 9.18. The van der Waals surface area contributed by atoms with Crippen molar-refractivity contribution in [3.05, 3.63) is 48.5 Å². The number of rotatable bonds is 7. The van der Waals surface area contributed by atoms with Crippen molar-refractivity contribution in [3.63, 3.8) is 0 Å². The third kappa shape index (κ3) is 4.76. The minimum absolute atomic E-state index is 0.127. The van der Waals surface area contributed by atoms with Crippen LogP contribution < -0.4 is 15.0 Å². The first kappa shape index (κ1) is 18.7. The van der Waals surface area contributed by atoms with Crippen molar-refractivity contribution in [2.45, 2.75) is 5.16 Å². The maximum Gasteiger partial charge on any atom is 0.234 e. The Balaban J connectivity index is 1.62. The Morgan fingerprint density at radius 1 is 1.22 bits per heavy atom. The van der Waals surface area contributed by atoms with E-state index in [1.54, 1.807) is 11.8 Å². The molecular formula is C18H20N6O2S. The number of carbonyl (C=O) groups is 1. The molecule has 0 radical (unpaired) electrons. The van der Waals surface area contributed by atoms with Gasteiger partial charge in [-0.2, -0.15) is 4.68 Å². The molecule has 3 rings (SSSR count). The molecule has 1 heterocycles. The molecule has 0 saturated carbocycles. The van der Waals surface area contributed by atoms with E-state index in [1.165, 1.54) is 11.8 Å². The van der Waals surface area contributed by atoms with Gasteiger partial charge in [0.25, 0.3) is 0 Å². The Morgan fingerprint density at radius 3 is 2.70 bits per heavy atom. The second-order valence-electron chi connectivity index (χ2n) is 5.85. The van der Waals surface area contributed by atoms with Crippen LogP contribution in [0.3, 0.4) is 0 Å². The van der Waals surface area contributed by atoms with E-state index in [0.717, 1.165) is 17.1 Å². The molecule has 0 spiro atoms. The van der Waals surface area contributed by atoms with Gasteiger partial charge >= 0.3 is 0 Å². The van der Waals surface area contributed by atoms with Crippen molar-refractivity contribution in [2.24, 2.45) is 0 Å². The molecule has 0 fully saturated rings. The van der Waals surface area contributed by atoms with Gasteiger partial charge in [-0.1, -0.05) is 17.8 Å². The number of aromatic nitrogens is 4. The van der Waals surface area contributed by atoms with E-state index in [2.05, 4.69) is 20.8 Å². The minimum Gasteiger partial charge on any atom is -0.497 e. The maximum atomic E-state index is 12.2. The average molecular weight is 384 g/mol. The van der Waals surface area contributed by atoms with Gasteiger partial charge in [-0.3, -0.25) is 4.79 Å². The fourth-order valence-electron chi connectivity index (χ4n) is 2.34. The summed E-state index contributed by atoms with van der Waals surface area (Å²) in [6, 6.07) is 15.0. The van der Waals surface area contributed by atoms with E-state index >= 15 is 0 Å². The van der Waals surface area contributed by atoms with Crippen LogP contribution in [0.25, 0.3) is 5.69 Å². The maximum absolute atomic E-state index is 12.2. The Morgan fingerprint density at radius 2 is 2.00 bits per heavy atom. The summed E-state index contributed by atoms with van der Waals surface area (Å²) in [6.45, 7) is 0. The lowest BCUT2D eigenvalue weighted by Gasteiger charge is -2.13. The number of ether oxygens (including phenoxy) is 1. The molecule has 27 heavy (non-hydrogen) atoms. The zero-order valence-electron chi connectivity index (χ0n) is 15.3. The van der Waals surface area contributed by atoms with Crippen LogP contribution in [-0.4, -0.2) is 53.1 Å². The SMILES string of the molecule is COc1cccc(-n2nnnc2SCC(=O)Nc2ccc(N(C)C)cc2)c1. The van der Waals surface area contributed by atoms with Gasteiger partial charge in [0.15, 0.2) is 0 Å². The van der Waals surface area contributed by atoms with Crippen LogP contribution in [0.5, 0.6) is 5.75 Å². The third-order valence-electron chi connectivity index (χ3n) is 3.74. The third-order valence-corrected chi connectivity index (χ3v) is 4.66. The number of benzene rings is 2. The molecule has 0 aliphatic heterocycles. The molecule has 0 saturated heterocycles. The molecule has 1 aromatic heterocycles.